The third kappa shape index (κ3) is 2.98. The minimum Gasteiger partial charge on any atom is -0.306 e. The zero-order valence-corrected chi connectivity index (χ0v) is 15.2. The lowest BCUT2D eigenvalue weighted by atomic mass is 10.2. The summed E-state index contributed by atoms with van der Waals surface area (Å²) in [5, 5.41) is 8.27. The molecule has 7 heteroatoms. The number of thiophene rings is 1. The topological polar surface area (TPSA) is 46.9 Å². The number of nitrogens with one attached hydrogen (secondary N) is 1. The lowest BCUT2D eigenvalue weighted by molar-refractivity contribution is 0.103. The number of fused-ring (bicyclic) bond motifs is 1. The second-order valence-electron chi connectivity index (χ2n) is 5.76. The second kappa shape index (κ2) is 6.55. The molecule has 0 aliphatic heterocycles. The standard InChI is InChI=1S/C19H13ClFN3OS/c1-11-9-16(24(23-11)13-5-3-2-4-6-13)22-19(25)18-17(20)14-8-7-12(21)10-15(14)26-18/h2-10H,1H3,(H,22,25). The number of benzene rings is 2. The Balaban J connectivity index is 1.71. The fourth-order valence-electron chi connectivity index (χ4n) is 2.71. The first-order valence-electron chi connectivity index (χ1n) is 7.84. The average Bonchev–Trinajstić information content (AvgIpc) is 3.15. The predicted molar refractivity (Wildman–Crippen MR) is 103 cm³/mol. The maximum absolute atomic E-state index is 13.4. The van der Waals surface area contributed by atoms with Crippen LogP contribution < -0.4 is 5.32 Å². The Bertz CT molecular complexity index is 1120. The van der Waals surface area contributed by atoms with Crippen molar-refractivity contribution >= 4 is 44.7 Å². The van der Waals surface area contributed by atoms with Crippen molar-refractivity contribution in [3.05, 3.63) is 76.0 Å². The maximum Gasteiger partial charge on any atom is 0.268 e. The van der Waals surface area contributed by atoms with Crippen LogP contribution in [0.2, 0.25) is 5.02 Å². The summed E-state index contributed by atoms with van der Waals surface area (Å²) in [6, 6.07) is 15.6. The Labute approximate surface area is 157 Å². The molecule has 0 aliphatic carbocycles. The monoisotopic (exact) mass is 385 g/mol. The maximum atomic E-state index is 13.4. The highest BCUT2D eigenvalue weighted by Crippen LogP contribution is 2.36. The molecular weight excluding hydrogens is 373 g/mol. The van der Waals surface area contributed by atoms with Crippen LogP contribution >= 0.6 is 22.9 Å². The van der Waals surface area contributed by atoms with Gasteiger partial charge in [0, 0.05) is 16.2 Å². The summed E-state index contributed by atoms with van der Waals surface area (Å²) in [5.74, 6) is -0.174. The number of hydrogen-bond donors (Lipinski definition) is 1. The van der Waals surface area contributed by atoms with E-state index < -0.39 is 0 Å². The molecule has 2 aromatic carbocycles. The number of amides is 1. The summed E-state index contributed by atoms with van der Waals surface area (Å²) < 4.78 is 15.7. The lowest BCUT2D eigenvalue weighted by Gasteiger charge is -2.08. The molecule has 4 aromatic rings. The summed E-state index contributed by atoms with van der Waals surface area (Å²) in [7, 11) is 0. The van der Waals surface area contributed by atoms with Crippen molar-refractivity contribution in [2.24, 2.45) is 0 Å². The molecule has 1 N–H and O–H groups in total. The van der Waals surface area contributed by atoms with E-state index in [1.54, 1.807) is 16.8 Å². The third-order valence-electron chi connectivity index (χ3n) is 3.87. The van der Waals surface area contributed by atoms with Gasteiger partial charge in [0.15, 0.2) is 0 Å². The molecule has 0 radical (unpaired) electrons. The van der Waals surface area contributed by atoms with Gasteiger partial charge < -0.3 is 5.32 Å². The highest BCUT2D eigenvalue weighted by molar-refractivity contribution is 7.21. The minimum absolute atomic E-state index is 0.324. The molecule has 4 nitrogen and oxygen atoms in total. The Kier molecular flexibility index (Phi) is 4.22. The summed E-state index contributed by atoms with van der Waals surface area (Å²) in [4.78, 5) is 13.1. The Hall–Kier alpha value is -2.70. The lowest BCUT2D eigenvalue weighted by Crippen LogP contribution is -2.14. The molecule has 0 saturated heterocycles. The molecule has 26 heavy (non-hydrogen) atoms. The van der Waals surface area contributed by atoms with Gasteiger partial charge in [0.05, 0.1) is 16.4 Å². The van der Waals surface area contributed by atoms with Crippen LogP contribution in [0.4, 0.5) is 10.2 Å². The summed E-state index contributed by atoms with van der Waals surface area (Å²) in [5.41, 5.74) is 1.61. The first-order valence-corrected chi connectivity index (χ1v) is 9.03. The molecular formula is C19H13ClFN3OS. The van der Waals surface area contributed by atoms with E-state index in [0.717, 1.165) is 22.7 Å². The minimum atomic E-state index is -0.361. The number of aryl methyl sites for hydroxylation is 1. The van der Waals surface area contributed by atoms with Gasteiger partial charge in [0.25, 0.3) is 5.91 Å². The van der Waals surface area contributed by atoms with Crippen LogP contribution in [0.1, 0.15) is 15.4 Å². The number of rotatable bonds is 3. The number of para-hydroxylation sites is 1. The van der Waals surface area contributed by atoms with E-state index in [0.29, 0.717) is 25.8 Å². The van der Waals surface area contributed by atoms with Gasteiger partial charge >= 0.3 is 0 Å². The van der Waals surface area contributed by atoms with Crippen LogP contribution in [0, 0.1) is 12.7 Å². The number of aromatic nitrogens is 2. The van der Waals surface area contributed by atoms with Crippen molar-refractivity contribution in [1.29, 1.82) is 0 Å². The second-order valence-corrected chi connectivity index (χ2v) is 7.19. The molecule has 2 aromatic heterocycles. The van der Waals surface area contributed by atoms with E-state index in [4.69, 9.17) is 11.6 Å². The van der Waals surface area contributed by atoms with Crippen molar-refractivity contribution in [3.8, 4) is 5.69 Å². The Morgan fingerprint density at radius 3 is 2.73 bits per heavy atom. The van der Waals surface area contributed by atoms with Gasteiger partial charge in [-0.15, -0.1) is 11.3 Å². The molecule has 0 fully saturated rings. The zero-order valence-electron chi connectivity index (χ0n) is 13.7. The van der Waals surface area contributed by atoms with Crippen LogP contribution in [0.25, 0.3) is 15.8 Å². The number of carbonyl (C=O) groups excluding carboxylic acids is 1. The van der Waals surface area contributed by atoms with Crippen LogP contribution in [0.5, 0.6) is 0 Å². The van der Waals surface area contributed by atoms with Crippen molar-refractivity contribution in [2.75, 3.05) is 5.32 Å². The summed E-state index contributed by atoms with van der Waals surface area (Å²) in [6.45, 7) is 1.85. The van der Waals surface area contributed by atoms with Gasteiger partial charge in [0.2, 0.25) is 0 Å². The average molecular weight is 386 g/mol. The number of hydrogen-bond acceptors (Lipinski definition) is 3. The molecule has 1 amide bonds. The van der Waals surface area contributed by atoms with Crippen molar-refractivity contribution in [3.63, 3.8) is 0 Å². The van der Waals surface area contributed by atoms with Crippen molar-refractivity contribution in [1.82, 2.24) is 9.78 Å². The van der Waals surface area contributed by atoms with Crippen LogP contribution in [0.15, 0.2) is 54.6 Å². The molecule has 0 bridgehead atoms. The van der Waals surface area contributed by atoms with Crippen molar-refractivity contribution in [2.45, 2.75) is 6.92 Å². The van der Waals surface area contributed by atoms with Crippen LogP contribution in [0.3, 0.4) is 0 Å². The van der Waals surface area contributed by atoms with Gasteiger partial charge in [-0.2, -0.15) is 5.10 Å². The Morgan fingerprint density at radius 2 is 1.96 bits per heavy atom. The highest BCUT2D eigenvalue weighted by Gasteiger charge is 2.19. The first-order chi connectivity index (χ1) is 12.5. The third-order valence-corrected chi connectivity index (χ3v) is 5.53. The van der Waals surface area contributed by atoms with E-state index >= 15 is 0 Å². The zero-order chi connectivity index (χ0) is 18.3. The van der Waals surface area contributed by atoms with Crippen molar-refractivity contribution < 1.29 is 9.18 Å². The van der Waals surface area contributed by atoms with E-state index in [2.05, 4.69) is 10.4 Å². The molecule has 0 saturated carbocycles. The molecule has 0 unspecified atom stereocenters. The number of carbonyl (C=O) groups is 1. The molecule has 0 spiro atoms. The number of anilines is 1. The highest BCUT2D eigenvalue weighted by atomic mass is 35.5. The molecule has 130 valence electrons. The predicted octanol–water partition coefficient (Wildman–Crippen LogP) is 5.44. The molecule has 0 atom stereocenters. The van der Waals surface area contributed by atoms with E-state index in [1.807, 2.05) is 37.3 Å². The SMILES string of the molecule is Cc1cc(NC(=O)c2sc3cc(F)ccc3c2Cl)n(-c2ccccc2)n1. The van der Waals surface area contributed by atoms with Crippen LogP contribution in [-0.4, -0.2) is 15.7 Å². The van der Waals surface area contributed by atoms with Gasteiger partial charge in [-0.25, -0.2) is 9.07 Å². The van der Waals surface area contributed by atoms with E-state index in [9.17, 15) is 9.18 Å². The normalized spacial score (nSPS) is 11.0. The molecule has 4 rings (SSSR count). The first kappa shape index (κ1) is 16.8. The molecule has 0 aliphatic rings. The number of nitrogens with zero attached hydrogens (tertiary/aromatic N) is 2. The fourth-order valence-corrected chi connectivity index (χ4v) is 4.15. The summed E-state index contributed by atoms with van der Waals surface area (Å²) >= 11 is 7.50. The quantitative estimate of drug-likeness (QED) is 0.510. The fraction of sp³-hybridized carbons (Fsp3) is 0.0526. The smallest absolute Gasteiger partial charge is 0.268 e. The van der Waals surface area contributed by atoms with Gasteiger partial charge in [-0.05, 0) is 37.3 Å². The van der Waals surface area contributed by atoms with Crippen LogP contribution in [-0.2, 0) is 0 Å². The molecule has 2 heterocycles. The largest absolute Gasteiger partial charge is 0.306 e. The van der Waals surface area contributed by atoms with Gasteiger partial charge in [-0.3, -0.25) is 4.79 Å². The summed E-state index contributed by atoms with van der Waals surface area (Å²) in [6.07, 6.45) is 0. The van der Waals surface area contributed by atoms with Gasteiger partial charge in [-0.1, -0.05) is 29.8 Å². The number of halogens is 2. The van der Waals surface area contributed by atoms with E-state index in [1.165, 1.54) is 12.1 Å². The van der Waals surface area contributed by atoms with Gasteiger partial charge in [0.1, 0.15) is 16.5 Å². The van der Waals surface area contributed by atoms with E-state index in [-0.39, 0.29) is 11.7 Å². The Morgan fingerprint density at radius 1 is 1.19 bits per heavy atom.